The number of amides is 1. The fourth-order valence-corrected chi connectivity index (χ4v) is 3.06. The molecule has 5 heteroatoms. The third-order valence-corrected chi connectivity index (χ3v) is 4.96. The second-order valence-electron chi connectivity index (χ2n) is 6.98. The zero-order valence-corrected chi connectivity index (χ0v) is 16.4. The number of benzene rings is 3. The van der Waals surface area contributed by atoms with E-state index in [1.807, 2.05) is 37.1 Å². The molecule has 1 atom stereocenters. The molecule has 0 saturated heterocycles. The number of nitrogens with zero attached hydrogens (tertiary/aromatic N) is 1. The molecular formula is C23H25FN2O2. The van der Waals surface area contributed by atoms with Crippen LogP contribution in [-0.4, -0.2) is 31.0 Å². The molecule has 4 nitrogen and oxygen atoms in total. The number of likely N-dealkylation sites (N-methyl/N-ethyl adjacent to an activating group) is 1. The Balaban J connectivity index is 1.59. The number of rotatable bonds is 7. The van der Waals surface area contributed by atoms with Crippen LogP contribution in [0.25, 0.3) is 10.8 Å². The molecule has 0 aliphatic rings. The molecule has 0 bridgehead atoms. The molecule has 0 spiro atoms. The highest BCUT2D eigenvalue weighted by Gasteiger charge is 2.18. The average Bonchev–Trinajstić information content (AvgIpc) is 2.72. The molecule has 1 N–H and O–H groups in total. The molecule has 0 aliphatic carbocycles. The van der Waals surface area contributed by atoms with Gasteiger partial charge >= 0.3 is 0 Å². The lowest BCUT2D eigenvalue weighted by Crippen LogP contribution is -2.42. The van der Waals surface area contributed by atoms with Gasteiger partial charge in [-0.1, -0.05) is 30.3 Å². The maximum Gasteiger partial charge on any atom is 0.237 e. The van der Waals surface area contributed by atoms with Gasteiger partial charge in [0.1, 0.15) is 11.6 Å². The van der Waals surface area contributed by atoms with Crippen molar-refractivity contribution >= 4 is 16.7 Å². The second-order valence-corrected chi connectivity index (χ2v) is 6.98. The first-order chi connectivity index (χ1) is 13.5. The lowest BCUT2D eigenvalue weighted by molar-refractivity contribution is -0.125. The van der Waals surface area contributed by atoms with E-state index in [1.165, 1.54) is 12.1 Å². The first-order valence-corrected chi connectivity index (χ1v) is 9.25. The van der Waals surface area contributed by atoms with E-state index in [1.54, 1.807) is 19.2 Å². The van der Waals surface area contributed by atoms with Gasteiger partial charge in [-0.25, -0.2) is 4.39 Å². The van der Waals surface area contributed by atoms with Gasteiger partial charge in [0.25, 0.3) is 0 Å². The fraction of sp³-hybridized carbons (Fsp3) is 0.261. The van der Waals surface area contributed by atoms with E-state index in [2.05, 4.69) is 23.5 Å². The highest BCUT2D eigenvalue weighted by Crippen LogP contribution is 2.22. The van der Waals surface area contributed by atoms with E-state index in [0.717, 1.165) is 27.6 Å². The van der Waals surface area contributed by atoms with E-state index in [-0.39, 0.29) is 17.8 Å². The van der Waals surface area contributed by atoms with Crippen molar-refractivity contribution in [2.75, 3.05) is 14.2 Å². The summed E-state index contributed by atoms with van der Waals surface area (Å²) < 4.78 is 18.2. The number of methoxy groups -OCH3 is 1. The smallest absolute Gasteiger partial charge is 0.237 e. The van der Waals surface area contributed by atoms with E-state index in [9.17, 15) is 9.18 Å². The largest absolute Gasteiger partial charge is 0.497 e. The molecule has 0 radical (unpaired) electrons. The van der Waals surface area contributed by atoms with Crippen LogP contribution in [0.1, 0.15) is 18.1 Å². The normalized spacial score (nSPS) is 12.2. The summed E-state index contributed by atoms with van der Waals surface area (Å²) in [5.74, 6) is 0.498. The molecule has 1 unspecified atom stereocenters. The fourth-order valence-electron chi connectivity index (χ4n) is 3.06. The average molecular weight is 380 g/mol. The maximum absolute atomic E-state index is 13.0. The van der Waals surface area contributed by atoms with Gasteiger partial charge in [-0.05, 0) is 66.2 Å². The SMILES string of the molecule is COc1ccc2cc(CN(C)C(C)C(=O)NCc3ccc(F)cc3)ccc2c1. The minimum Gasteiger partial charge on any atom is -0.497 e. The van der Waals surface area contributed by atoms with Gasteiger partial charge in [-0.3, -0.25) is 9.69 Å². The number of fused-ring (bicyclic) bond motifs is 1. The lowest BCUT2D eigenvalue weighted by atomic mass is 10.1. The van der Waals surface area contributed by atoms with Crippen LogP contribution >= 0.6 is 0 Å². The van der Waals surface area contributed by atoms with Gasteiger partial charge in [0, 0.05) is 13.1 Å². The topological polar surface area (TPSA) is 41.6 Å². The minimum atomic E-state index is -0.285. The van der Waals surface area contributed by atoms with Crippen LogP contribution in [-0.2, 0) is 17.9 Å². The summed E-state index contributed by atoms with van der Waals surface area (Å²) in [4.78, 5) is 14.5. The molecule has 0 aromatic heterocycles. The van der Waals surface area contributed by atoms with Gasteiger partial charge in [0.2, 0.25) is 5.91 Å². The number of hydrogen-bond acceptors (Lipinski definition) is 3. The Morgan fingerprint density at radius 1 is 1.04 bits per heavy atom. The predicted molar refractivity (Wildman–Crippen MR) is 110 cm³/mol. The predicted octanol–water partition coefficient (Wildman–Crippen LogP) is 4.12. The van der Waals surface area contributed by atoms with E-state index < -0.39 is 0 Å². The summed E-state index contributed by atoms with van der Waals surface area (Å²) in [6, 6.07) is 18.1. The summed E-state index contributed by atoms with van der Waals surface area (Å²) in [7, 11) is 3.59. The Hall–Kier alpha value is -2.92. The molecule has 3 rings (SSSR count). The summed E-state index contributed by atoms with van der Waals surface area (Å²) in [5, 5.41) is 5.17. The zero-order chi connectivity index (χ0) is 20.1. The Labute approximate surface area is 164 Å². The summed E-state index contributed by atoms with van der Waals surface area (Å²) in [6.07, 6.45) is 0. The highest BCUT2D eigenvalue weighted by molar-refractivity contribution is 5.84. The maximum atomic E-state index is 13.0. The molecule has 3 aromatic carbocycles. The summed E-state index contributed by atoms with van der Waals surface area (Å²) in [5.41, 5.74) is 2.01. The third-order valence-electron chi connectivity index (χ3n) is 4.96. The van der Waals surface area contributed by atoms with Crippen molar-refractivity contribution in [3.05, 3.63) is 77.6 Å². The van der Waals surface area contributed by atoms with Gasteiger partial charge in [-0.2, -0.15) is 0 Å². The van der Waals surface area contributed by atoms with Crippen molar-refractivity contribution in [2.24, 2.45) is 0 Å². The molecule has 146 valence electrons. The molecule has 0 heterocycles. The third kappa shape index (κ3) is 4.87. The molecule has 0 aliphatic heterocycles. The van der Waals surface area contributed by atoms with Crippen molar-refractivity contribution in [3.63, 3.8) is 0 Å². The Kier molecular flexibility index (Phi) is 6.26. The number of carbonyl (C=O) groups excluding carboxylic acids is 1. The van der Waals surface area contributed by atoms with Crippen LogP contribution in [0.5, 0.6) is 5.75 Å². The molecular weight excluding hydrogens is 355 g/mol. The van der Waals surface area contributed by atoms with Crippen LogP contribution in [0.2, 0.25) is 0 Å². The molecule has 1 amide bonds. The highest BCUT2D eigenvalue weighted by atomic mass is 19.1. The molecule has 0 saturated carbocycles. The van der Waals surface area contributed by atoms with Gasteiger partial charge < -0.3 is 10.1 Å². The number of halogens is 1. The number of ether oxygens (including phenoxy) is 1. The number of nitrogens with one attached hydrogen (secondary N) is 1. The van der Waals surface area contributed by atoms with Crippen LogP contribution in [0.4, 0.5) is 4.39 Å². The molecule has 28 heavy (non-hydrogen) atoms. The van der Waals surface area contributed by atoms with E-state index >= 15 is 0 Å². The van der Waals surface area contributed by atoms with Crippen LogP contribution in [0, 0.1) is 5.82 Å². The number of hydrogen-bond donors (Lipinski definition) is 1. The monoisotopic (exact) mass is 380 g/mol. The first-order valence-electron chi connectivity index (χ1n) is 9.25. The standard InChI is InChI=1S/C23H25FN2O2/c1-16(23(27)25-14-17-5-9-21(24)10-6-17)26(2)15-18-4-7-20-13-22(28-3)11-8-19(20)12-18/h4-13,16H,14-15H2,1-3H3,(H,25,27). The van der Waals surface area contributed by atoms with Crippen molar-refractivity contribution in [3.8, 4) is 5.75 Å². The van der Waals surface area contributed by atoms with Crippen molar-refractivity contribution < 1.29 is 13.9 Å². The Morgan fingerprint density at radius 3 is 2.39 bits per heavy atom. The lowest BCUT2D eigenvalue weighted by Gasteiger charge is -2.24. The molecule has 0 fully saturated rings. The van der Waals surface area contributed by atoms with Crippen LogP contribution < -0.4 is 10.1 Å². The van der Waals surface area contributed by atoms with Gasteiger partial charge in [0.05, 0.1) is 13.2 Å². The Bertz CT molecular complexity index is 956. The Morgan fingerprint density at radius 2 is 1.68 bits per heavy atom. The zero-order valence-electron chi connectivity index (χ0n) is 16.4. The summed E-state index contributed by atoms with van der Waals surface area (Å²) >= 11 is 0. The second kappa shape index (κ2) is 8.85. The van der Waals surface area contributed by atoms with Crippen LogP contribution in [0.15, 0.2) is 60.7 Å². The van der Waals surface area contributed by atoms with Crippen LogP contribution in [0.3, 0.4) is 0 Å². The van der Waals surface area contributed by atoms with E-state index in [4.69, 9.17) is 4.74 Å². The minimum absolute atomic E-state index is 0.0580. The first kappa shape index (κ1) is 19.8. The van der Waals surface area contributed by atoms with Crippen molar-refractivity contribution in [1.29, 1.82) is 0 Å². The van der Waals surface area contributed by atoms with E-state index in [0.29, 0.717) is 13.1 Å². The number of carbonyl (C=O) groups is 1. The van der Waals surface area contributed by atoms with Crippen molar-refractivity contribution in [1.82, 2.24) is 10.2 Å². The quantitative estimate of drug-likeness (QED) is 0.670. The molecule has 3 aromatic rings. The summed E-state index contributed by atoms with van der Waals surface area (Å²) in [6.45, 7) is 2.92. The van der Waals surface area contributed by atoms with Gasteiger partial charge in [-0.15, -0.1) is 0 Å². The van der Waals surface area contributed by atoms with Gasteiger partial charge in [0.15, 0.2) is 0 Å². The van der Waals surface area contributed by atoms with Crippen molar-refractivity contribution in [2.45, 2.75) is 26.1 Å².